The zero-order valence-electron chi connectivity index (χ0n) is 10.9. The Balaban J connectivity index is 2.03. The lowest BCUT2D eigenvalue weighted by Gasteiger charge is -2.10. The summed E-state index contributed by atoms with van der Waals surface area (Å²) in [6, 6.07) is 12.9. The van der Waals surface area contributed by atoms with E-state index in [1.165, 1.54) is 12.4 Å². The highest BCUT2D eigenvalue weighted by atomic mass is 32.2. The van der Waals surface area contributed by atoms with Crippen molar-refractivity contribution in [2.24, 2.45) is 0 Å². The minimum absolute atomic E-state index is 0.0270. The molecule has 3 N–H and O–H groups in total. The summed E-state index contributed by atoms with van der Waals surface area (Å²) in [5.74, 6) is 0.0270. The second kappa shape index (κ2) is 5.02. The number of fused-ring (bicyclic) bond motifs is 1. The summed E-state index contributed by atoms with van der Waals surface area (Å²) < 4.78 is 27.2. The van der Waals surface area contributed by atoms with Crippen molar-refractivity contribution in [3.8, 4) is 0 Å². The number of nitrogens with one attached hydrogen (secondary N) is 1. The molecule has 3 aromatic rings. The molecule has 0 bridgehead atoms. The van der Waals surface area contributed by atoms with Gasteiger partial charge in [-0.3, -0.25) is 4.72 Å². The summed E-state index contributed by atoms with van der Waals surface area (Å²) in [5.41, 5.74) is 5.86. The number of benzene rings is 2. The number of sulfonamides is 1. The van der Waals surface area contributed by atoms with Gasteiger partial charge in [-0.25, -0.2) is 18.4 Å². The van der Waals surface area contributed by atoms with Gasteiger partial charge in [-0.2, -0.15) is 0 Å². The number of nitrogens with two attached hydrogens (primary N) is 1. The zero-order valence-corrected chi connectivity index (χ0v) is 11.7. The molecule has 6 nitrogen and oxygen atoms in total. The van der Waals surface area contributed by atoms with Crippen LogP contribution < -0.4 is 10.5 Å². The molecule has 0 saturated carbocycles. The smallest absolute Gasteiger partial charge is 0.264 e. The molecule has 1 heterocycles. The molecule has 0 atom stereocenters. The second-order valence-corrected chi connectivity index (χ2v) is 6.09. The first-order valence-electron chi connectivity index (χ1n) is 6.14. The Morgan fingerprint density at radius 3 is 2.38 bits per heavy atom. The molecule has 0 amide bonds. The van der Waals surface area contributed by atoms with E-state index in [4.69, 9.17) is 5.73 Å². The minimum Gasteiger partial charge on any atom is -0.368 e. The highest BCUT2D eigenvalue weighted by Gasteiger charge is 2.16. The number of nitrogen functional groups attached to an aromatic ring is 1. The van der Waals surface area contributed by atoms with Gasteiger partial charge < -0.3 is 5.73 Å². The third kappa shape index (κ3) is 2.63. The molecule has 0 fully saturated rings. The highest BCUT2D eigenvalue weighted by molar-refractivity contribution is 7.92. The fourth-order valence-electron chi connectivity index (χ4n) is 1.98. The highest BCUT2D eigenvalue weighted by Crippen LogP contribution is 2.25. The summed E-state index contributed by atoms with van der Waals surface area (Å²) in [5, 5.41) is 1.77. The van der Waals surface area contributed by atoms with E-state index in [-0.39, 0.29) is 10.8 Å². The van der Waals surface area contributed by atoms with Crippen molar-refractivity contribution in [2.45, 2.75) is 4.90 Å². The van der Waals surface area contributed by atoms with Crippen LogP contribution in [-0.4, -0.2) is 18.4 Å². The van der Waals surface area contributed by atoms with Gasteiger partial charge in [-0.15, -0.1) is 0 Å². The maximum atomic E-state index is 12.3. The van der Waals surface area contributed by atoms with Crippen molar-refractivity contribution in [1.82, 2.24) is 9.97 Å². The standard InChI is InChI=1S/C14H12N4O2S/c15-14-16-8-11(9-17-14)21(19,20)18-13-7-3-5-10-4-1-2-6-12(10)13/h1-9,18H,(H2,15,16,17). The number of aromatic nitrogens is 2. The van der Waals surface area contributed by atoms with E-state index in [2.05, 4.69) is 14.7 Å². The Labute approximate surface area is 121 Å². The van der Waals surface area contributed by atoms with Crippen molar-refractivity contribution < 1.29 is 8.42 Å². The molecule has 3 rings (SSSR count). The first kappa shape index (κ1) is 13.3. The lowest BCUT2D eigenvalue weighted by molar-refractivity contribution is 0.600. The van der Waals surface area contributed by atoms with E-state index in [9.17, 15) is 8.42 Å². The summed E-state index contributed by atoms with van der Waals surface area (Å²) in [4.78, 5) is 7.36. The van der Waals surface area contributed by atoms with E-state index >= 15 is 0 Å². The Morgan fingerprint density at radius 2 is 1.62 bits per heavy atom. The Hall–Kier alpha value is -2.67. The Morgan fingerprint density at radius 1 is 0.952 bits per heavy atom. The van der Waals surface area contributed by atoms with Crippen LogP contribution in [0.4, 0.5) is 11.6 Å². The van der Waals surface area contributed by atoms with E-state index in [1.807, 2.05) is 30.3 Å². The van der Waals surface area contributed by atoms with Gasteiger partial charge in [0.1, 0.15) is 4.90 Å². The summed E-state index contributed by atoms with van der Waals surface area (Å²) >= 11 is 0. The van der Waals surface area contributed by atoms with Crippen LogP contribution in [0.2, 0.25) is 0 Å². The first-order valence-corrected chi connectivity index (χ1v) is 7.63. The third-order valence-corrected chi connectivity index (χ3v) is 4.31. The molecule has 1 aromatic heterocycles. The van der Waals surface area contributed by atoms with Gasteiger partial charge in [0.25, 0.3) is 10.0 Å². The van der Waals surface area contributed by atoms with E-state index < -0.39 is 10.0 Å². The first-order chi connectivity index (χ1) is 10.1. The summed E-state index contributed by atoms with van der Waals surface area (Å²) in [6.45, 7) is 0. The largest absolute Gasteiger partial charge is 0.368 e. The lowest BCUT2D eigenvalue weighted by atomic mass is 10.1. The molecule has 2 aromatic carbocycles. The molecule has 0 unspecified atom stereocenters. The maximum Gasteiger partial charge on any atom is 0.264 e. The number of rotatable bonds is 3. The van der Waals surface area contributed by atoms with Crippen molar-refractivity contribution in [3.05, 3.63) is 54.9 Å². The SMILES string of the molecule is Nc1ncc(S(=O)(=O)Nc2cccc3ccccc23)cn1. The average molecular weight is 300 g/mol. The number of nitrogens with zero attached hydrogens (tertiary/aromatic N) is 2. The van der Waals surface area contributed by atoms with Gasteiger partial charge in [-0.1, -0.05) is 36.4 Å². The zero-order chi connectivity index (χ0) is 14.9. The van der Waals surface area contributed by atoms with Crippen LogP contribution in [0.25, 0.3) is 10.8 Å². The van der Waals surface area contributed by atoms with Crippen LogP contribution in [-0.2, 0) is 10.0 Å². The molecule has 0 aliphatic heterocycles. The number of hydrogen-bond acceptors (Lipinski definition) is 5. The predicted octanol–water partition coefficient (Wildman–Crippen LogP) is 2.01. The normalized spacial score (nSPS) is 11.4. The average Bonchev–Trinajstić information content (AvgIpc) is 2.48. The molecule has 0 saturated heterocycles. The van der Waals surface area contributed by atoms with Crippen LogP contribution in [0, 0.1) is 0 Å². The molecule has 0 aliphatic rings. The third-order valence-electron chi connectivity index (χ3n) is 2.99. The number of hydrogen-bond donors (Lipinski definition) is 2. The molecule has 0 aliphatic carbocycles. The van der Waals surface area contributed by atoms with Crippen LogP contribution in [0.1, 0.15) is 0 Å². The van der Waals surface area contributed by atoms with E-state index in [0.717, 1.165) is 10.8 Å². The lowest BCUT2D eigenvalue weighted by Crippen LogP contribution is -2.14. The van der Waals surface area contributed by atoms with E-state index in [1.54, 1.807) is 12.1 Å². The molecule has 0 spiro atoms. The van der Waals surface area contributed by atoms with Gasteiger partial charge in [0.2, 0.25) is 5.95 Å². The van der Waals surface area contributed by atoms with Crippen LogP contribution in [0.15, 0.2) is 59.8 Å². The monoisotopic (exact) mass is 300 g/mol. The van der Waals surface area contributed by atoms with Gasteiger partial charge >= 0.3 is 0 Å². The molecule has 7 heteroatoms. The molecule has 0 radical (unpaired) electrons. The van der Waals surface area contributed by atoms with Crippen LogP contribution in [0.5, 0.6) is 0 Å². The number of anilines is 2. The van der Waals surface area contributed by atoms with Crippen molar-refractivity contribution in [1.29, 1.82) is 0 Å². The predicted molar refractivity (Wildman–Crippen MR) is 81.2 cm³/mol. The van der Waals surface area contributed by atoms with Gasteiger partial charge in [0, 0.05) is 5.39 Å². The van der Waals surface area contributed by atoms with Gasteiger partial charge in [0.15, 0.2) is 0 Å². The fourth-order valence-corrected chi connectivity index (χ4v) is 2.95. The van der Waals surface area contributed by atoms with E-state index in [0.29, 0.717) is 5.69 Å². The molecule has 21 heavy (non-hydrogen) atoms. The Kier molecular flexibility index (Phi) is 3.19. The molecular formula is C14H12N4O2S. The van der Waals surface area contributed by atoms with Crippen LogP contribution >= 0.6 is 0 Å². The quantitative estimate of drug-likeness (QED) is 0.771. The molecular weight excluding hydrogens is 288 g/mol. The van der Waals surface area contributed by atoms with Gasteiger partial charge in [-0.05, 0) is 11.5 Å². The molecule has 106 valence electrons. The Bertz CT molecular complexity index is 887. The van der Waals surface area contributed by atoms with Crippen LogP contribution in [0.3, 0.4) is 0 Å². The second-order valence-electron chi connectivity index (χ2n) is 4.41. The van der Waals surface area contributed by atoms with Gasteiger partial charge in [0.05, 0.1) is 18.1 Å². The summed E-state index contributed by atoms with van der Waals surface area (Å²) in [7, 11) is -3.75. The maximum absolute atomic E-state index is 12.3. The topological polar surface area (TPSA) is 98.0 Å². The van der Waals surface area contributed by atoms with Crippen molar-refractivity contribution in [2.75, 3.05) is 10.5 Å². The van der Waals surface area contributed by atoms with Crippen molar-refractivity contribution in [3.63, 3.8) is 0 Å². The summed E-state index contributed by atoms with van der Waals surface area (Å²) in [6.07, 6.45) is 2.35. The fraction of sp³-hybridized carbons (Fsp3) is 0. The van der Waals surface area contributed by atoms with Crippen molar-refractivity contribution >= 4 is 32.4 Å². The minimum atomic E-state index is -3.75.